The molecule has 0 bridgehead atoms. The number of nitrogens with one attached hydrogen (secondary N) is 2. The predicted molar refractivity (Wildman–Crippen MR) is 79.0 cm³/mol. The van der Waals surface area contributed by atoms with Crippen molar-refractivity contribution >= 4 is 11.8 Å². The molecule has 1 aromatic heterocycles. The zero-order valence-electron chi connectivity index (χ0n) is 12.0. The maximum Gasteiger partial charge on any atom is 0.321 e. The molecule has 3 N–H and O–H groups in total. The molecule has 1 aliphatic rings. The van der Waals surface area contributed by atoms with Gasteiger partial charge in [0.2, 0.25) is 0 Å². The van der Waals surface area contributed by atoms with Crippen LogP contribution in [0.4, 0.5) is 10.6 Å². The number of amides is 2. The van der Waals surface area contributed by atoms with Crippen LogP contribution in [0.15, 0.2) is 30.3 Å². The number of urea groups is 1. The van der Waals surface area contributed by atoms with E-state index in [1.807, 2.05) is 38.2 Å². The summed E-state index contributed by atoms with van der Waals surface area (Å²) in [6, 6.07) is 8.79. The van der Waals surface area contributed by atoms with Crippen LogP contribution in [0.1, 0.15) is 22.9 Å². The summed E-state index contributed by atoms with van der Waals surface area (Å²) in [6.45, 7) is 1.91. The largest absolute Gasteiger partial charge is 0.390 e. The first-order chi connectivity index (χ1) is 10.0. The number of carbonyl (C=O) groups excluding carboxylic acids is 1. The average molecular weight is 286 g/mol. The van der Waals surface area contributed by atoms with E-state index in [0.717, 1.165) is 16.8 Å². The molecular formula is C15H18N4O2. The Bertz CT molecular complexity index is 661. The van der Waals surface area contributed by atoms with Crippen LogP contribution in [0.2, 0.25) is 0 Å². The molecule has 0 saturated carbocycles. The lowest BCUT2D eigenvalue weighted by molar-refractivity contribution is 0.144. The number of carbonyl (C=O) groups is 1. The van der Waals surface area contributed by atoms with E-state index in [1.54, 1.807) is 10.7 Å². The van der Waals surface area contributed by atoms with E-state index in [0.29, 0.717) is 12.2 Å². The van der Waals surface area contributed by atoms with Crippen LogP contribution in [-0.2, 0) is 13.5 Å². The average Bonchev–Trinajstić information content (AvgIpc) is 2.91. The highest BCUT2D eigenvalue weighted by atomic mass is 16.3. The summed E-state index contributed by atoms with van der Waals surface area (Å²) < 4.78 is 1.69. The molecule has 0 saturated heterocycles. The van der Waals surface area contributed by atoms with E-state index in [-0.39, 0.29) is 12.1 Å². The molecule has 0 unspecified atom stereocenters. The summed E-state index contributed by atoms with van der Waals surface area (Å²) in [5.41, 5.74) is 3.00. The molecule has 21 heavy (non-hydrogen) atoms. The van der Waals surface area contributed by atoms with Crippen molar-refractivity contribution in [3.05, 3.63) is 47.2 Å². The van der Waals surface area contributed by atoms with Crippen LogP contribution in [-0.4, -0.2) is 27.0 Å². The van der Waals surface area contributed by atoms with Crippen molar-refractivity contribution in [2.45, 2.75) is 25.5 Å². The fourth-order valence-corrected chi connectivity index (χ4v) is 2.66. The normalized spacial score (nSPS) is 20.1. The summed E-state index contributed by atoms with van der Waals surface area (Å²) >= 11 is 0. The molecule has 1 aromatic carbocycles. The number of fused-ring (bicyclic) bond motifs is 1. The second kappa shape index (κ2) is 5.21. The number of aliphatic hydroxyl groups is 1. The molecule has 2 atom stereocenters. The molecule has 2 aromatic rings. The lowest BCUT2D eigenvalue weighted by atomic mass is 10.1. The monoisotopic (exact) mass is 286 g/mol. The Morgan fingerprint density at radius 2 is 2.19 bits per heavy atom. The van der Waals surface area contributed by atoms with Crippen LogP contribution in [0.5, 0.6) is 0 Å². The van der Waals surface area contributed by atoms with Crippen molar-refractivity contribution in [1.82, 2.24) is 15.1 Å². The maximum atomic E-state index is 12.1. The van der Waals surface area contributed by atoms with Crippen molar-refractivity contribution in [3.8, 4) is 0 Å². The van der Waals surface area contributed by atoms with Gasteiger partial charge in [-0.3, -0.25) is 10.00 Å². The first-order valence-corrected chi connectivity index (χ1v) is 6.88. The van der Waals surface area contributed by atoms with Gasteiger partial charge in [0.15, 0.2) is 5.82 Å². The summed E-state index contributed by atoms with van der Waals surface area (Å²) in [5, 5.41) is 19.8. The van der Waals surface area contributed by atoms with E-state index < -0.39 is 6.10 Å². The molecular weight excluding hydrogens is 268 g/mol. The van der Waals surface area contributed by atoms with Crippen molar-refractivity contribution in [2.75, 3.05) is 5.32 Å². The first kappa shape index (κ1) is 13.6. The zero-order valence-corrected chi connectivity index (χ0v) is 12.0. The number of aromatic nitrogens is 2. The zero-order chi connectivity index (χ0) is 15.0. The van der Waals surface area contributed by atoms with Gasteiger partial charge in [-0.15, -0.1) is 0 Å². The first-order valence-electron chi connectivity index (χ1n) is 6.88. The predicted octanol–water partition coefficient (Wildman–Crippen LogP) is 1.51. The van der Waals surface area contributed by atoms with Crippen molar-refractivity contribution in [3.63, 3.8) is 0 Å². The van der Waals surface area contributed by atoms with Gasteiger partial charge in [-0.2, -0.15) is 5.10 Å². The van der Waals surface area contributed by atoms with E-state index >= 15 is 0 Å². The van der Waals surface area contributed by atoms with E-state index in [2.05, 4.69) is 15.7 Å². The Morgan fingerprint density at radius 3 is 2.90 bits per heavy atom. The highest BCUT2D eigenvalue weighted by Crippen LogP contribution is 2.31. The number of hydrogen-bond acceptors (Lipinski definition) is 3. The number of benzene rings is 1. The van der Waals surface area contributed by atoms with Gasteiger partial charge >= 0.3 is 6.03 Å². The van der Waals surface area contributed by atoms with E-state index in [1.165, 1.54) is 0 Å². The smallest absolute Gasteiger partial charge is 0.321 e. The summed E-state index contributed by atoms with van der Waals surface area (Å²) in [7, 11) is 1.81. The highest BCUT2D eigenvalue weighted by Gasteiger charge is 2.31. The molecule has 0 aliphatic heterocycles. The fraction of sp³-hybridized carbons (Fsp3) is 0.333. The Balaban J connectivity index is 1.70. The number of aliphatic hydroxyl groups excluding tert-OH is 1. The molecule has 1 aliphatic carbocycles. The number of rotatable bonds is 2. The number of anilines is 1. The minimum atomic E-state index is -0.599. The molecule has 6 nitrogen and oxygen atoms in total. The van der Waals surface area contributed by atoms with Crippen LogP contribution in [0.3, 0.4) is 0 Å². The van der Waals surface area contributed by atoms with Gasteiger partial charge < -0.3 is 10.4 Å². The number of nitrogens with zero attached hydrogens (tertiary/aromatic N) is 2. The van der Waals surface area contributed by atoms with Gasteiger partial charge in [0.25, 0.3) is 0 Å². The maximum absolute atomic E-state index is 12.1. The summed E-state index contributed by atoms with van der Waals surface area (Å²) in [6.07, 6.45) is -0.0392. The molecule has 1 heterocycles. The Kier molecular flexibility index (Phi) is 3.39. The number of hydrogen-bond donors (Lipinski definition) is 3. The molecule has 3 rings (SSSR count). The standard InChI is InChI=1S/C15H18N4O2/c1-9-7-13(18-19(9)2)16-15(21)17-14-11-6-4-3-5-10(11)8-12(14)20/h3-7,12,14,20H,8H2,1-2H3,(H2,16,17,18,21)/t12-,14+/m0/s1. The third kappa shape index (κ3) is 2.62. The minimum absolute atomic E-state index is 0.367. The Labute approximate surface area is 122 Å². The second-order valence-electron chi connectivity index (χ2n) is 5.34. The van der Waals surface area contributed by atoms with Gasteiger partial charge in [-0.05, 0) is 18.1 Å². The van der Waals surface area contributed by atoms with Gasteiger partial charge in [0.1, 0.15) is 0 Å². The second-order valence-corrected chi connectivity index (χ2v) is 5.34. The molecule has 0 fully saturated rings. The molecule has 2 amide bonds. The highest BCUT2D eigenvalue weighted by molar-refractivity contribution is 5.88. The SMILES string of the molecule is Cc1cc(NC(=O)N[C@@H]2c3ccccc3C[C@@H]2O)nn1C. The van der Waals surface area contributed by atoms with Crippen molar-refractivity contribution in [2.24, 2.45) is 7.05 Å². The van der Waals surface area contributed by atoms with Gasteiger partial charge in [0.05, 0.1) is 12.1 Å². The third-order valence-corrected chi connectivity index (χ3v) is 3.85. The van der Waals surface area contributed by atoms with Gasteiger partial charge in [-0.1, -0.05) is 24.3 Å². The van der Waals surface area contributed by atoms with Gasteiger partial charge in [-0.25, -0.2) is 4.79 Å². The van der Waals surface area contributed by atoms with Crippen LogP contribution < -0.4 is 10.6 Å². The quantitative estimate of drug-likeness (QED) is 0.783. The van der Waals surface area contributed by atoms with Crippen molar-refractivity contribution in [1.29, 1.82) is 0 Å². The van der Waals surface area contributed by atoms with E-state index in [9.17, 15) is 9.90 Å². The van der Waals surface area contributed by atoms with Crippen molar-refractivity contribution < 1.29 is 9.90 Å². The Hall–Kier alpha value is -2.34. The molecule has 110 valence electrons. The topological polar surface area (TPSA) is 79.2 Å². The molecule has 6 heteroatoms. The number of aryl methyl sites for hydroxylation is 2. The summed E-state index contributed by atoms with van der Waals surface area (Å²) in [4.78, 5) is 12.1. The summed E-state index contributed by atoms with van der Waals surface area (Å²) in [5.74, 6) is 0.494. The van der Waals surface area contributed by atoms with Crippen LogP contribution in [0, 0.1) is 6.92 Å². The molecule has 0 radical (unpaired) electrons. The van der Waals surface area contributed by atoms with Gasteiger partial charge in [0, 0.05) is 25.2 Å². The fourth-order valence-electron chi connectivity index (χ4n) is 2.66. The third-order valence-electron chi connectivity index (χ3n) is 3.85. The van der Waals surface area contributed by atoms with Crippen LogP contribution in [0.25, 0.3) is 0 Å². The lowest BCUT2D eigenvalue weighted by Crippen LogP contribution is -2.36. The molecule has 0 spiro atoms. The van der Waals surface area contributed by atoms with Crippen LogP contribution >= 0.6 is 0 Å². The Morgan fingerprint density at radius 1 is 1.43 bits per heavy atom. The lowest BCUT2D eigenvalue weighted by Gasteiger charge is -2.17. The minimum Gasteiger partial charge on any atom is -0.390 e. The van der Waals surface area contributed by atoms with E-state index in [4.69, 9.17) is 0 Å².